The molecule has 2 aliphatic carbocycles. The second kappa shape index (κ2) is 4.73. The molecule has 6 heteroatoms. The van der Waals surface area contributed by atoms with Crippen LogP contribution in [0.25, 0.3) is 0 Å². The van der Waals surface area contributed by atoms with E-state index in [2.05, 4.69) is 10.3 Å². The van der Waals surface area contributed by atoms with E-state index in [-0.39, 0.29) is 5.82 Å². The smallest absolute Gasteiger partial charge is 0.307 e. The van der Waals surface area contributed by atoms with Gasteiger partial charge in [0.25, 0.3) is 5.91 Å². The Morgan fingerprint density at radius 1 is 1.14 bits per heavy atom. The number of carbonyl (C=O) groups is 1. The van der Waals surface area contributed by atoms with Crippen LogP contribution in [0.5, 0.6) is 0 Å². The van der Waals surface area contributed by atoms with Crippen molar-refractivity contribution in [3.05, 3.63) is 71.0 Å². The first-order valence-electron chi connectivity index (χ1n) is 6.11. The van der Waals surface area contributed by atoms with Gasteiger partial charge in [-0.2, -0.15) is 13.2 Å². The van der Waals surface area contributed by atoms with Crippen LogP contribution in [0.1, 0.15) is 5.56 Å². The summed E-state index contributed by atoms with van der Waals surface area (Å²) in [6.45, 7) is 0. The Kier molecular flexibility index (Phi) is 3.01. The second-order valence-corrected chi connectivity index (χ2v) is 4.53. The van der Waals surface area contributed by atoms with Gasteiger partial charge in [0.15, 0.2) is 0 Å². The van der Waals surface area contributed by atoms with Crippen molar-refractivity contribution in [2.24, 2.45) is 0 Å². The summed E-state index contributed by atoms with van der Waals surface area (Å²) in [6.07, 6.45) is 5.25. The summed E-state index contributed by atoms with van der Waals surface area (Å²) in [6, 6.07) is 2.01. The minimum absolute atomic E-state index is 0.0777. The Hall–Kier alpha value is -2.63. The number of allylic oxidation sites excluding steroid dienone is 6. The number of fused-ring (bicyclic) bond motifs is 1. The van der Waals surface area contributed by atoms with E-state index in [4.69, 9.17) is 0 Å². The number of nitrogens with one attached hydrogen (secondary N) is 1. The number of amides is 1. The van der Waals surface area contributed by atoms with E-state index in [1.54, 1.807) is 6.08 Å². The number of nitrogens with zero attached hydrogens (tertiary/aromatic N) is 1. The van der Waals surface area contributed by atoms with Crippen molar-refractivity contribution in [2.45, 2.75) is 6.18 Å². The lowest BCUT2D eigenvalue weighted by atomic mass is 10.1. The summed E-state index contributed by atoms with van der Waals surface area (Å²) in [5, 5.41) is 2.49. The topological polar surface area (TPSA) is 42.0 Å². The molecule has 0 aromatic carbocycles. The third-order valence-corrected chi connectivity index (χ3v) is 3.15. The van der Waals surface area contributed by atoms with Gasteiger partial charge in [0.1, 0.15) is 5.82 Å². The number of alkyl halides is 3. The maximum Gasteiger partial charge on any atom is 0.417 e. The number of anilines is 1. The quantitative estimate of drug-likeness (QED) is 0.907. The molecule has 2 aliphatic rings. The maximum atomic E-state index is 12.4. The van der Waals surface area contributed by atoms with Crippen LogP contribution in [-0.4, -0.2) is 10.9 Å². The van der Waals surface area contributed by atoms with Crippen molar-refractivity contribution < 1.29 is 18.0 Å². The van der Waals surface area contributed by atoms with Gasteiger partial charge in [-0.05, 0) is 29.4 Å². The van der Waals surface area contributed by atoms with E-state index >= 15 is 0 Å². The standard InChI is InChI=1S/C15H9F3N2O/c16-15(17,18)10-5-7-13(19-8-10)20-14(21)12-6-4-9-2-1-3-11(9)12/h1-8H,(H,19,20,21). The molecule has 0 spiro atoms. The highest BCUT2D eigenvalue weighted by Gasteiger charge is 2.30. The summed E-state index contributed by atoms with van der Waals surface area (Å²) in [4.78, 5) is 15.7. The number of rotatable bonds is 2. The zero-order valence-corrected chi connectivity index (χ0v) is 10.6. The molecule has 3 rings (SSSR count). The third kappa shape index (κ3) is 2.52. The van der Waals surface area contributed by atoms with E-state index in [1.807, 2.05) is 24.3 Å². The van der Waals surface area contributed by atoms with E-state index in [9.17, 15) is 18.0 Å². The lowest BCUT2D eigenvalue weighted by Crippen LogP contribution is -2.15. The van der Waals surface area contributed by atoms with Gasteiger partial charge in [-0.3, -0.25) is 4.79 Å². The largest absolute Gasteiger partial charge is 0.417 e. The first-order chi connectivity index (χ1) is 9.95. The number of halogens is 3. The third-order valence-electron chi connectivity index (χ3n) is 3.15. The first kappa shape index (κ1) is 13.4. The highest BCUT2D eigenvalue weighted by molar-refractivity contribution is 6.08. The van der Waals surface area contributed by atoms with E-state index in [1.165, 1.54) is 0 Å². The summed E-state index contributed by atoms with van der Waals surface area (Å²) in [5.74, 6) is -0.322. The molecular formula is C15H9F3N2O. The molecule has 0 saturated carbocycles. The second-order valence-electron chi connectivity index (χ2n) is 4.53. The van der Waals surface area contributed by atoms with Crippen LogP contribution in [0.15, 0.2) is 65.4 Å². The average molecular weight is 290 g/mol. The maximum absolute atomic E-state index is 12.4. The van der Waals surface area contributed by atoms with Crippen molar-refractivity contribution in [3.8, 4) is 0 Å². The fraction of sp³-hybridized carbons (Fsp3) is 0.0667. The Morgan fingerprint density at radius 3 is 2.62 bits per heavy atom. The van der Waals surface area contributed by atoms with Crippen LogP contribution >= 0.6 is 0 Å². The van der Waals surface area contributed by atoms with Gasteiger partial charge in [-0.25, -0.2) is 4.98 Å². The lowest BCUT2D eigenvalue weighted by molar-refractivity contribution is -0.137. The molecule has 1 N–H and O–H groups in total. The van der Waals surface area contributed by atoms with Crippen molar-refractivity contribution in [1.82, 2.24) is 4.98 Å². The van der Waals surface area contributed by atoms with Crippen molar-refractivity contribution in [1.29, 1.82) is 0 Å². The molecule has 21 heavy (non-hydrogen) atoms. The Morgan fingerprint density at radius 2 is 1.95 bits per heavy atom. The molecular weight excluding hydrogens is 281 g/mol. The Balaban J connectivity index is 1.77. The van der Waals surface area contributed by atoms with Crippen LogP contribution in [0.4, 0.5) is 19.0 Å². The van der Waals surface area contributed by atoms with E-state index in [0.717, 1.165) is 23.3 Å². The Labute approximate surface area is 118 Å². The van der Waals surface area contributed by atoms with E-state index in [0.29, 0.717) is 11.8 Å². The van der Waals surface area contributed by atoms with Gasteiger partial charge >= 0.3 is 6.18 Å². The minimum atomic E-state index is -4.44. The molecule has 106 valence electrons. The van der Waals surface area contributed by atoms with Gasteiger partial charge in [0.2, 0.25) is 0 Å². The molecule has 3 nitrogen and oxygen atoms in total. The van der Waals surface area contributed by atoms with Crippen LogP contribution in [-0.2, 0) is 11.0 Å². The molecule has 1 aromatic heterocycles. The minimum Gasteiger partial charge on any atom is -0.307 e. The van der Waals surface area contributed by atoms with Gasteiger partial charge in [-0.1, -0.05) is 24.3 Å². The zero-order chi connectivity index (χ0) is 15.0. The Bertz CT molecular complexity index is 722. The molecule has 0 radical (unpaired) electrons. The molecule has 0 bridgehead atoms. The van der Waals surface area contributed by atoms with Crippen molar-refractivity contribution in [3.63, 3.8) is 0 Å². The fourth-order valence-corrected chi connectivity index (χ4v) is 2.10. The summed E-state index contributed by atoms with van der Waals surface area (Å²) in [7, 11) is 0. The summed E-state index contributed by atoms with van der Waals surface area (Å²) < 4.78 is 37.3. The van der Waals surface area contributed by atoms with Crippen LogP contribution in [0.3, 0.4) is 0 Å². The number of hydrogen-bond donors (Lipinski definition) is 1. The highest BCUT2D eigenvalue weighted by atomic mass is 19.4. The summed E-state index contributed by atoms with van der Waals surface area (Å²) >= 11 is 0. The lowest BCUT2D eigenvalue weighted by Gasteiger charge is -2.08. The molecule has 1 heterocycles. The predicted octanol–water partition coefficient (Wildman–Crippen LogP) is 3.40. The van der Waals surface area contributed by atoms with E-state index < -0.39 is 17.6 Å². The monoisotopic (exact) mass is 290 g/mol. The van der Waals surface area contributed by atoms with Gasteiger partial charge in [-0.15, -0.1) is 0 Å². The van der Waals surface area contributed by atoms with Gasteiger partial charge in [0.05, 0.1) is 5.56 Å². The van der Waals surface area contributed by atoms with Crippen LogP contribution in [0, 0.1) is 0 Å². The molecule has 1 aromatic rings. The van der Waals surface area contributed by atoms with Crippen LogP contribution < -0.4 is 5.32 Å². The van der Waals surface area contributed by atoms with Gasteiger partial charge in [0, 0.05) is 11.8 Å². The number of hydrogen-bond acceptors (Lipinski definition) is 2. The molecule has 1 amide bonds. The first-order valence-corrected chi connectivity index (χ1v) is 6.11. The fourth-order valence-electron chi connectivity index (χ4n) is 2.10. The van der Waals surface area contributed by atoms with Crippen molar-refractivity contribution in [2.75, 3.05) is 5.32 Å². The molecule has 0 aliphatic heterocycles. The molecule has 0 saturated heterocycles. The number of aromatic nitrogens is 1. The molecule has 0 fully saturated rings. The number of pyridine rings is 1. The zero-order valence-electron chi connectivity index (χ0n) is 10.6. The average Bonchev–Trinajstić information content (AvgIpc) is 3.00. The van der Waals surface area contributed by atoms with Gasteiger partial charge < -0.3 is 5.32 Å². The van der Waals surface area contributed by atoms with Crippen LogP contribution in [0.2, 0.25) is 0 Å². The SMILES string of the molecule is O=C(Nc1ccc(C(F)(F)F)cn1)C1=C2C=CC=C2C=C1. The predicted molar refractivity (Wildman–Crippen MR) is 71.3 cm³/mol. The number of carbonyl (C=O) groups excluding carboxylic acids is 1. The normalized spacial score (nSPS) is 16.2. The molecule has 0 unspecified atom stereocenters. The molecule has 0 atom stereocenters. The summed E-state index contributed by atoms with van der Waals surface area (Å²) in [5.41, 5.74) is 1.36. The van der Waals surface area contributed by atoms with Crippen molar-refractivity contribution >= 4 is 11.7 Å². The highest BCUT2D eigenvalue weighted by Crippen LogP contribution is 2.31.